The van der Waals surface area contributed by atoms with Crippen molar-refractivity contribution in [2.45, 2.75) is 25.6 Å². The van der Waals surface area contributed by atoms with Crippen LogP contribution in [0.3, 0.4) is 0 Å². The Morgan fingerprint density at radius 3 is 2.26 bits per heavy atom. The molecule has 2 heterocycles. The normalized spacial score (nSPS) is 12.4. The van der Waals surface area contributed by atoms with E-state index < -0.39 is 17.3 Å². The van der Waals surface area contributed by atoms with Gasteiger partial charge in [-0.25, -0.2) is 4.98 Å². The van der Waals surface area contributed by atoms with E-state index in [1.165, 1.54) is 12.1 Å². The van der Waals surface area contributed by atoms with Gasteiger partial charge in [-0.1, -0.05) is 42.5 Å². The van der Waals surface area contributed by atoms with E-state index in [2.05, 4.69) is 9.97 Å². The maximum Gasteiger partial charge on any atom is 0.417 e. The second kappa shape index (κ2) is 7.88. The number of aromatic amines is 1. The van der Waals surface area contributed by atoms with Gasteiger partial charge in [0.25, 0.3) is 0 Å². The number of nitrogens with zero attached hydrogens (tertiary/aromatic N) is 2. The summed E-state index contributed by atoms with van der Waals surface area (Å²) in [6, 6.07) is 20.9. The fourth-order valence-electron chi connectivity index (χ4n) is 4.13. The maximum absolute atomic E-state index is 13.8. The van der Waals surface area contributed by atoms with Gasteiger partial charge >= 0.3 is 6.18 Å². The van der Waals surface area contributed by atoms with Crippen molar-refractivity contribution in [3.8, 4) is 28.2 Å². The van der Waals surface area contributed by atoms with Gasteiger partial charge in [0, 0.05) is 34.5 Å². The first kappa shape index (κ1) is 22.0. The molecule has 3 aromatic carbocycles. The fourth-order valence-corrected chi connectivity index (χ4v) is 4.13. The number of rotatable bonds is 4. The number of alkyl halides is 3. The third-order valence-corrected chi connectivity index (χ3v) is 5.86. The molecule has 0 atom stereocenters. The van der Waals surface area contributed by atoms with Crippen LogP contribution in [0, 0.1) is 0 Å². The Morgan fingerprint density at radius 2 is 1.56 bits per heavy atom. The molecule has 0 aliphatic heterocycles. The number of fused-ring (bicyclic) bond motifs is 1. The third kappa shape index (κ3) is 3.88. The molecule has 4 nitrogen and oxygen atoms in total. The van der Waals surface area contributed by atoms with Crippen molar-refractivity contribution < 1.29 is 18.3 Å². The lowest BCUT2D eigenvalue weighted by Gasteiger charge is -2.14. The highest BCUT2D eigenvalue weighted by atomic mass is 19.4. The molecule has 0 spiro atoms. The van der Waals surface area contributed by atoms with Gasteiger partial charge < -0.3 is 10.1 Å². The van der Waals surface area contributed by atoms with Gasteiger partial charge in [0.1, 0.15) is 11.4 Å². The number of hydrogen-bond acceptors (Lipinski definition) is 2. The standard InChI is InChI=1S/C27H22F3N3O/c1-26(2,34)24-16-33(25(32-24)21-6-3-4-8-22(21)27(28,29)30)18-12-10-17(11-13-18)19-7-5-9-23-20(19)14-15-31-23/h3-16,31,34H,1-2H3. The Balaban J connectivity index is 1.65. The number of aromatic nitrogens is 3. The molecule has 5 aromatic rings. The molecular formula is C27H22F3N3O. The third-order valence-electron chi connectivity index (χ3n) is 5.86. The largest absolute Gasteiger partial charge is 0.417 e. The van der Waals surface area contributed by atoms with Gasteiger partial charge in [-0.05, 0) is 55.3 Å². The molecule has 0 aliphatic rings. The van der Waals surface area contributed by atoms with E-state index in [1.54, 1.807) is 30.7 Å². The van der Waals surface area contributed by atoms with Crippen molar-refractivity contribution in [2.24, 2.45) is 0 Å². The van der Waals surface area contributed by atoms with Crippen LogP contribution in [0.5, 0.6) is 0 Å². The molecule has 0 saturated carbocycles. The number of aliphatic hydroxyl groups is 1. The van der Waals surface area contributed by atoms with Gasteiger partial charge in [0.05, 0.1) is 11.3 Å². The molecule has 7 heteroatoms. The van der Waals surface area contributed by atoms with Crippen LogP contribution in [-0.4, -0.2) is 19.6 Å². The topological polar surface area (TPSA) is 53.8 Å². The highest BCUT2D eigenvalue weighted by molar-refractivity contribution is 5.95. The van der Waals surface area contributed by atoms with Gasteiger partial charge in [-0.2, -0.15) is 13.2 Å². The number of imidazole rings is 1. The minimum Gasteiger partial charge on any atom is -0.384 e. The molecule has 0 saturated heterocycles. The van der Waals surface area contributed by atoms with Crippen LogP contribution in [0.25, 0.3) is 39.1 Å². The Bertz CT molecular complexity index is 1470. The summed E-state index contributed by atoms with van der Waals surface area (Å²) in [5.74, 6) is 0.116. The first-order valence-corrected chi connectivity index (χ1v) is 10.8. The number of nitrogens with one attached hydrogen (secondary N) is 1. The average Bonchev–Trinajstić information content (AvgIpc) is 3.46. The van der Waals surface area contributed by atoms with Crippen molar-refractivity contribution in [3.05, 3.63) is 96.4 Å². The number of hydrogen-bond donors (Lipinski definition) is 2. The second-order valence-electron chi connectivity index (χ2n) is 8.71. The quantitative estimate of drug-likeness (QED) is 0.305. The summed E-state index contributed by atoms with van der Waals surface area (Å²) >= 11 is 0. The van der Waals surface area contributed by atoms with Crippen molar-refractivity contribution in [2.75, 3.05) is 0 Å². The Hall–Kier alpha value is -3.84. The molecule has 0 aliphatic carbocycles. The smallest absolute Gasteiger partial charge is 0.384 e. The van der Waals surface area contributed by atoms with Crippen molar-refractivity contribution in [3.63, 3.8) is 0 Å². The molecule has 0 radical (unpaired) electrons. The predicted molar refractivity (Wildman–Crippen MR) is 127 cm³/mol. The van der Waals surface area contributed by atoms with Crippen LogP contribution in [0.2, 0.25) is 0 Å². The fraction of sp³-hybridized carbons (Fsp3) is 0.148. The highest BCUT2D eigenvalue weighted by Crippen LogP contribution is 2.38. The van der Waals surface area contributed by atoms with E-state index in [9.17, 15) is 18.3 Å². The van der Waals surface area contributed by atoms with Crippen molar-refractivity contribution in [1.82, 2.24) is 14.5 Å². The van der Waals surface area contributed by atoms with E-state index in [1.807, 2.05) is 54.7 Å². The number of benzene rings is 3. The Labute approximate surface area is 194 Å². The predicted octanol–water partition coefficient (Wildman–Crippen LogP) is 6.93. The lowest BCUT2D eigenvalue weighted by Crippen LogP contribution is -2.15. The van der Waals surface area contributed by atoms with Crippen molar-refractivity contribution in [1.29, 1.82) is 0 Å². The summed E-state index contributed by atoms with van der Waals surface area (Å²) < 4.78 is 42.9. The average molecular weight is 461 g/mol. The second-order valence-corrected chi connectivity index (χ2v) is 8.71. The summed E-state index contributed by atoms with van der Waals surface area (Å²) in [6.45, 7) is 3.11. The molecule has 34 heavy (non-hydrogen) atoms. The van der Waals surface area contributed by atoms with Gasteiger partial charge in [-0.3, -0.25) is 4.57 Å². The highest BCUT2D eigenvalue weighted by Gasteiger charge is 2.35. The van der Waals surface area contributed by atoms with E-state index in [-0.39, 0.29) is 17.1 Å². The van der Waals surface area contributed by atoms with Gasteiger partial charge in [0.2, 0.25) is 0 Å². The summed E-state index contributed by atoms with van der Waals surface area (Å²) in [6.07, 6.45) is -1.07. The number of H-pyrrole nitrogens is 1. The minimum atomic E-state index is -4.54. The Morgan fingerprint density at radius 1 is 0.853 bits per heavy atom. The van der Waals surface area contributed by atoms with E-state index in [0.29, 0.717) is 5.69 Å². The monoisotopic (exact) mass is 461 g/mol. The maximum atomic E-state index is 13.8. The van der Waals surface area contributed by atoms with Gasteiger partial charge in [-0.15, -0.1) is 0 Å². The lowest BCUT2D eigenvalue weighted by molar-refractivity contribution is -0.137. The molecule has 0 unspecified atom stereocenters. The van der Waals surface area contributed by atoms with Crippen LogP contribution in [0.1, 0.15) is 25.1 Å². The minimum absolute atomic E-state index is 0.0494. The molecule has 2 N–H and O–H groups in total. The van der Waals surface area contributed by atoms with E-state index in [0.717, 1.165) is 28.1 Å². The molecule has 0 amide bonds. The summed E-state index contributed by atoms with van der Waals surface area (Å²) in [5.41, 5.74) is 1.82. The molecule has 0 bridgehead atoms. The first-order valence-electron chi connectivity index (χ1n) is 10.8. The van der Waals surface area contributed by atoms with E-state index in [4.69, 9.17) is 0 Å². The van der Waals surface area contributed by atoms with Crippen LogP contribution in [0.15, 0.2) is 85.2 Å². The summed E-state index contributed by atoms with van der Waals surface area (Å²) in [7, 11) is 0. The summed E-state index contributed by atoms with van der Waals surface area (Å²) in [5, 5.41) is 11.6. The van der Waals surface area contributed by atoms with Gasteiger partial charge in [0.15, 0.2) is 0 Å². The van der Waals surface area contributed by atoms with Crippen LogP contribution in [0.4, 0.5) is 13.2 Å². The molecule has 172 valence electrons. The van der Waals surface area contributed by atoms with Crippen LogP contribution < -0.4 is 0 Å². The molecule has 2 aromatic heterocycles. The SMILES string of the molecule is CC(C)(O)c1cn(-c2ccc(-c3cccc4[nH]ccc34)cc2)c(-c2ccccc2C(F)(F)F)n1. The zero-order valence-electron chi connectivity index (χ0n) is 18.6. The Kier molecular flexibility index (Phi) is 5.10. The lowest BCUT2D eigenvalue weighted by atomic mass is 10.0. The van der Waals surface area contributed by atoms with Crippen LogP contribution >= 0.6 is 0 Å². The van der Waals surface area contributed by atoms with Crippen LogP contribution in [-0.2, 0) is 11.8 Å². The van der Waals surface area contributed by atoms with E-state index >= 15 is 0 Å². The van der Waals surface area contributed by atoms with Crippen molar-refractivity contribution >= 4 is 10.9 Å². The molecule has 0 fully saturated rings. The number of halogens is 3. The zero-order valence-corrected chi connectivity index (χ0v) is 18.6. The summed E-state index contributed by atoms with van der Waals surface area (Å²) in [4.78, 5) is 7.62. The molecular weight excluding hydrogens is 439 g/mol. The first-order chi connectivity index (χ1) is 16.1. The zero-order chi connectivity index (χ0) is 24.1. The molecule has 5 rings (SSSR count).